The van der Waals surface area contributed by atoms with E-state index in [2.05, 4.69) is 6.92 Å². The standard InChI is InChI=1S/C10H18O3/c1-5-6(2)10(4-8(10)11)13-7(3)9(5)12/h5-9,11-12H,4H2,1-3H3/t5?,6?,7?,8?,9-,10?/m1/s1. The third kappa shape index (κ3) is 1.14. The van der Waals surface area contributed by atoms with Crippen LogP contribution in [-0.4, -0.2) is 34.1 Å². The van der Waals surface area contributed by atoms with Gasteiger partial charge in [-0.3, -0.25) is 0 Å². The van der Waals surface area contributed by atoms with Gasteiger partial charge in [0.1, 0.15) is 5.60 Å². The van der Waals surface area contributed by atoms with Crippen molar-refractivity contribution in [3.63, 3.8) is 0 Å². The Kier molecular flexibility index (Phi) is 1.95. The van der Waals surface area contributed by atoms with Crippen LogP contribution in [0.1, 0.15) is 27.2 Å². The molecule has 2 fully saturated rings. The first-order valence-electron chi connectivity index (χ1n) is 5.03. The average molecular weight is 186 g/mol. The molecule has 3 heteroatoms. The maximum atomic E-state index is 9.76. The van der Waals surface area contributed by atoms with Gasteiger partial charge >= 0.3 is 0 Å². The van der Waals surface area contributed by atoms with Crippen LogP contribution < -0.4 is 0 Å². The molecule has 1 heterocycles. The maximum absolute atomic E-state index is 9.76. The van der Waals surface area contributed by atoms with Crippen LogP contribution in [0.4, 0.5) is 0 Å². The third-order valence-corrected chi connectivity index (χ3v) is 3.90. The van der Waals surface area contributed by atoms with Crippen molar-refractivity contribution >= 4 is 0 Å². The summed E-state index contributed by atoms with van der Waals surface area (Å²) < 4.78 is 5.69. The quantitative estimate of drug-likeness (QED) is 0.580. The lowest BCUT2D eigenvalue weighted by Gasteiger charge is -2.42. The van der Waals surface area contributed by atoms with Gasteiger partial charge in [-0.05, 0) is 18.8 Å². The number of rotatable bonds is 0. The highest BCUT2D eigenvalue weighted by Gasteiger charge is 2.63. The van der Waals surface area contributed by atoms with Gasteiger partial charge in [0.15, 0.2) is 0 Å². The van der Waals surface area contributed by atoms with Gasteiger partial charge in [0.2, 0.25) is 0 Å². The Morgan fingerprint density at radius 1 is 1.23 bits per heavy atom. The van der Waals surface area contributed by atoms with E-state index in [1.165, 1.54) is 0 Å². The van der Waals surface area contributed by atoms with E-state index < -0.39 is 6.10 Å². The molecular formula is C10H18O3. The second kappa shape index (κ2) is 2.69. The molecule has 0 amide bonds. The molecule has 3 nitrogen and oxygen atoms in total. The molecule has 0 radical (unpaired) electrons. The minimum atomic E-state index is -0.395. The zero-order chi connectivity index (χ0) is 9.80. The SMILES string of the molecule is CC1OC2(CC2O)C(C)C(C)[C@H]1O. The average Bonchev–Trinajstić information content (AvgIpc) is 2.71. The Labute approximate surface area is 78.7 Å². The Balaban J connectivity index is 2.17. The van der Waals surface area contributed by atoms with Crippen molar-refractivity contribution in [1.82, 2.24) is 0 Å². The van der Waals surface area contributed by atoms with E-state index in [-0.39, 0.29) is 29.6 Å². The molecule has 2 aliphatic rings. The van der Waals surface area contributed by atoms with Gasteiger partial charge in [0.05, 0.1) is 18.3 Å². The number of aliphatic hydroxyl groups excluding tert-OH is 2. The third-order valence-electron chi connectivity index (χ3n) is 3.90. The molecule has 5 unspecified atom stereocenters. The van der Waals surface area contributed by atoms with E-state index >= 15 is 0 Å². The van der Waals surface area contributed by atoms with Crippen LogP contribution in [0.5, 0.6) is 0 Å². The fourth-order valence-electron chi connectivity index (χ4n) is 2.55. The van der Waals surface area contributed by atoms with Gasteiger partial charge in [-0.15, -0.1) is 0 Å². The number of ether oxygens (including phenoxy) is 1. The van der Waals surface area contributed by atoms with Crippen molar-refractivity contribution in [1.29, 1.82) is 0 Å². The summed E-state index contributed by atoms with van der Waals surface area (Å²) in [6.07, 6.45) is -0.132. The van der Waals surface area contributed by atoms with Crippen LogP contribution in [0.15, 0.2) is 0 Å². The first kappa shape index (κ1) is 9.44. The van der Waals surface area contributed by atoms with Crippen LogP contribution in [0.2, 0.25) is 0 Å². The first-order valence-corrected chi connectivity index (χ1v) is 5.03. The van der Waals surface area contributed by atoms with Gasteiger partial charge in [-0.1, -0.05) is 13.8 Å². The summed E-state index contributed by atoms with van der Waals surface area (Å²) in [5, 5.41) is 19.3. The molecule has 2 rings (SSSR count). The number of hydrogen-bond acceptors (Lipinski definition) is 3. The lowest BCUT2D eigenvalue weighted by atomic mass is 9.80. The minimum Gasteiger partial charge on any atom is -0.390 e. The summed E-state index contributed by atoms with van der Waals surface area (Å²) in [5.41, 5.74) is -0.335. The molecule has 0 aromatic heterocycles. The van der Waals surface area contributed by atoms with Crippen molar-refractivity contribution in [3.8, 4) is 0 Å². The van der Waals surface area contributed by atoms with E-state index in [0.29, 0.717) is 0 Å². The zero-order valence-electron chi connectivity index (χ0n) is 8.40. The van der Waals surface area contributed by atoms with Crippen molar-refractivity contribution in [3.05, 3.63) is 0 Å². The van der Waals surface area contributed by atoms with Crippen molar-refractivity contribution in [2.75, 3.05) is 0 Å². The molecule has 1 aliphatic heterocycles. The topological polar surface area (TPSA) is 49.7 Å². The summed E-state index contributed by atoms with van der Waals surface area (Å²) in [7, 11) is 0. The Hall–Kier alpha value is -0.120. The van der Waals surface area contributed by atoms with Gasteiger partial charge in [-0.25, -0.2) is 0 Å². The molecule has 0 bridgehead atoms. The van der Waals surface area contributed by atoms with Gasteiger partial charge in [0.25, 0.3) is 0 Å². The summed E-state index contributed by atoms with van der Waals surface area (Å²) >= 11 is 0. The van der Waals surface area contributed by atoms with Crippen LogP contribution in [0.25, 0.3) is 0 Å². The molecule has 1 spiro atoms. The number of hydrogen-bond donors (Lipinski definition) is 2. The lowest BCUT2D eigenvalue weighted by molar-refractivity contribution is -0.185. The fourth-order valence-corrected chi connectivity index (χ4v) is 2.55. The Morgan fingerprint density at radius 2 is 1.77 bits per heavy atom. The van der Waals surface area contributed by atoms with E-state index in [0.717, 1.165) is 6.42 Å². The molecule has 1 aliphatic carbocycles. The molecule has 1 saturated carbocycles. The monoisotopic (exact) mass is 186 g/mol. The van der Waals surface area contributed by atoms with Crippen LogP contribution >= 0.6 is 0 Å². The normalized spacial score (nSPS) is 61.2. The van der Waals surface area contributed by atoms with Crippen LogP contribution in [0, 0.1) is 11.8 Å². The summed E-state index contributed by atoms with van der Waals surface area (Å²) in [5.74, 6) is 0.453. The summed E-state index contributed by atoms with van der Waals surface area (Å²) in [4.78, 5) is 0. The van der Waals surface area contributed by atoms with Gasteiger partial charge < -0.3 is 14.9 Å². The fraction of sp³-hybridized carbons (Fsp3) is 1.00. The molecule has 13 heavy (non-hydrogen) atoms. The first-order chi connectivity index (χ1) is 5.99. The smallest absolute Gasteiger partial charge is 0.100 e. The Morgan fingerprint density at radius 3 is 2.23 bits per heavy atom. The summed E-state index contributed by atoms with van der Waals surface area (Å²) in [6.45, 7) is 5.96. The van der Waals surface area contributed by atoms with Gasteiger partial charge in [0, 0.05) is 6.42 Å². The summed E-state index contributed by atoms with van der Waals surface area (Å²) in [6, 6.07) is 0. The second-order valence-corrected chi connectivity index (χ2v) is 4.64. The Bertz CT molecular complexity index is 218. The minimum absolute atomic E-state index is 0.150. The predicted molar refractivity (Wildman–Crippen MR) is 48.2 cm³/mol. The molecule has 6 atom stereocenters. The van der Waals surface area contributed by atoms with E-state index in [9.17, 15) is 10.2 Å². The zero-order valence-corrected chi connectivity index (χ0v) is 8.40. The lowest BCUT2D eigenvalue weighted by Crippen LogP contribution is -2.50. The van der Waals surface area contributed by atoms with Crippen molar-refractivity contribution < 1.29 is 14.9 Å². The van der Waals surface area contributed by atoms with E-state index in [1.54, 1.807) is 0 Å². The highest BCUT2D eigenvalue weighted by Crippen LogP contribution is 2.53. The molecule has 0 aromatic rings. The predicted octanol–water partition coefficient (Wildman–Crippen LogP) is 0.542. The molecule has 0 aromatic carbocycles. The highest BCUT2D eigenvalue weighted by molar-refractivity contribution is 5.13. The van der Waals surface area contributed by atoms with Crippen LogP contribution in [-0.2, 0) is 4.74 Å². The van der Waals surface area contributed by atoms with Crippen LogP contribution in [0.3, 0.4) is 0 Å². The van der Waals surface area contributed by atoms with E-state index in [4.69, 9.17) is 4.74 Å². The molecule has 2 N–H and O–H groups in total. The van der Waals surface area contributed by atoms with E-state index in [1.807, 2.05) is 13.8 Å². The molecular weight excluding hydrogens is 168 g/mol. The molecule has 1 saturated heterocycles. The highest BCUT2D eigenvalue weighted by atomic mass is 16.5. The molecule has 76 valence electrons. The van der Waals surface area contributed by atoms with Crippen molar-refractivity contribution in [2.24, 2.45) is 11.8 Å². The largest absolute Gasteiger partial charge is 0.390 e. The van der Waals surface area contributed by atoms with Gasteiger partial charge in [-0.2, -0.15) is 0 Å². The maximum Gasteiger partial charge on any atom is 0.100 e. The second-order valence-electron chi connectivity index (χ2n) is 4.64. The number of aliphatic hydroxyl groups is 2. The van der Waals surface area contributed by atoms with Crippen molar-refractivity contribution in [2.45, 2.75) is 51.1 Å².